The molecule has 1 N–H and O–H groups in total. The molecule has 37 heavy (non-hydrogen) atoms. The highest BCUT2D eigenvalue weighted by molar-refractivity contribution is 6.34. The first-order chi connectivity index (χ1) is 18.2. The molecule has 0 atom stereocenters. The number of aromatic nitrogens is 3. The van der Waals surface area contributed by atoms with Crippen molar-refractivity contribution in [2.24, 2.45) is 0 Å². The minimum Gasteiger partial charge on any atom is -0.493 e. The number of rotatable bonds is 8. The van der Waals surface area contributed by atoms with E-state index in [0.717, 1.165) is 30.2 Å². The highest BCUT2D eigenvalue weighted by Gasteiger charge is 2.24. The molecule has 0 saturated carbocycles. The van der Waals surface area contributed by atoms with Gasteiger partial charge in [0.1, 0.15) is 35.4 Å². The van der Waals surface area contributed by atoms with Crippen molar-refractivity contribution >= 4 is 34.0 Å². The van der Waals surface area contributed by atoms with E-state index in [1.54, 1.807) is 24.5 Å². The molecule has 1 saturated heterocycles. The van der Waals surface area contributed by atoms with E-state index < -0.39 is 0 Å². The third kappa shape index (κ3) is 5.19. The molecule has 4 aromatic rings. The van der Waals surface area contributed by atoms with E-state index in [2.05, 4.69) is 20.3 Å². The number of nitrogens with zero attached hydrogens (tertiary/aromatic N) is 3. The Bertz CT molecular complexity index is 1400. The molecular formula is C27H25ClN4O5. The van der Waals surface area contributed by atoms with Crippen molar-refractivity contribution in [3.05, 3.63) is 65.7 Å². The van der Waals surface area contributed by atoms with Gasteiger partial charge in [-0.3, -0.25) is 4.98 Å². The van der Waals surface area contributed by atoms with Crippen molar-refractivity contribution in [1.82, 2.24) is 15.0 Å². The SMILES string of the molecule is Clc1ccc2c(c1Nc1ncnc3cc(OCCc4ccncc4)cc(OC4CCOCC4)c13)OCO2. The second-order valence-corrected chi connectivity index (χ2v) is 9.11. The van der Waals surface area contributed by atoms with Crippen molar-refractivity contribution in [3.8, 4) is 23.0 Å². The largest absolute Gasteiger partial charge is 0.493 e. The van der Waals surface area contributed by atoms with Crippen LogP contribution in [0.1, 0.15) is 18.4 Å². The quantitative estimate of drug-likeness (QED) is 0.330. The number of ether oxygens (including phenoxy) is 5. The van der Waals surface area contributed by atoms with Crippen molar-refractivity contribution in [3.63, 3.8) is 0 Å². The molecule has 190 valence electrons. The van der Waals surface area contributed by atoms with Gasteiger partial charge < -0.3 is 29.0 Å². The zero-order chi connectivity index (χ0) is 25.0. The van der Waals surface area contributed by atoms with Crippen LogP contribution in [-0.2, 0) is 11.2 Å². The summed E-state index contributed by atoms with van der Waals surface area (Å²) in [5.41, 5.74) is 2.41. The van der Waals surface area contributed by atoms with E-state index in [4.69, 9.17) is 35.3 Å². The molecule has 0 bridgehead atoms. The maximum atomic E-state index is 6.53. The smallest absolute Gasteiger partial charge is 0.231 e. The van der Waals surface area contributed by atoms with Crippen molar-refractivity contribution in [1.29, 1.82) is 0 Å². The standard InChI is InChI=1S/C27H25ClN4O5/c28-20-1-2-22-26(36-16-35-22)25(20)32-27-24-21(30-15-31-27)13-19(34-12-5-17-3-8-29-9-4-17)14-23(24)37-18-6-10-33-11-7-18/h1-4,8-9,13-15,18H,5-7,10-12,16H2,(H,30,31,32). The summed E-state index contributed by atoms with van der Waals surface area (Å²) in [7, 11) is 0. The first-order valence-electron chi connectivity index (χ1n) is 12.1. The Labute approximate surface area is 218 Å². The normalized spacial score (nSPS) is 15.1. The van der Waals surface area contributed by atoms with E-state index in [1.165, 1.54) is 6.33 Å². The van der Waals surface area contributed by atoms with Gasteiger partial charge in [-0.2, -0.15) is 0 Å². The molecule has 0 spiro atoms. The molecule has 0 aliphatic carbocycles. The van der Waals surface area contributed by atoms with Crippen LogP contribution in [0.4, 0.5) is 11.5 Å². The lowest BCUT2D eigenvalue weighted by atomic mass is 10.1. The number of halogens is 1. The van der Waals surface area contributed by atoms with Gasteiger partial charge in [0.2, 0.25) is 6.79 Å². The van der Waals surface area contributed by atoms with Gasteiger partial charge in [-0.1, -0.05) is 11.6 Å². The average Bonchev–Trinajstić information content (AvgIpc) is 3.41. The van der Waals surface area contributed by atoms with E-state index in [-0.39, 0.29) is 12.9 Å². The van der Waals surface area contributed by atoms with Crippen LogP contribution >= 0.6 is 11.6 Å². The fourth-order valence-electron chi connectivity index (χ4n) is 4.39. The number of pyridine rings is 1. The maximum absolute atomic E-state index is 6.53. The van der Waals surface area contributed by atoms with Crippen LogP contribution in [0.2, 0.25) is 5.02 Å². The lowest BCUT2D eigenvalue weighted by Gasteiger charge is -2.25. The summed E-state index contributed by atoms with van der Waals surface area (Å²) in [6, 6.07) is 11.3. The van der Waals surface area contributed by atoms with Gasteiger partial charge in [-0.15, -0.1) is 0 Å². The molecule has 0 unspecified atom stereocenters. The van der Waals surface area contributed by atoms with E-state index >= 15 is 0 Å². The Morgan fingerprint density at radius 1 is 1.03 bits per heavy atom. The van der Waals surface area contributed by atoms with Crippen molar-refractivity contribution in [2.75, 3.05) is 31.9 Å². The average molecular weight is 521 g/mol. The predicted molar refractivity (Wildman–Crippen MR) is 138 cm³/mol. The molecule has 0 amide bonds. The zero-order valence-corrected chi connectivity index (χ0v) is 20.7. The molecule has 10 heteroatoms. The second-order valence-electron chi connectivity index (χ2n) is 8.70. The molecule has 6 rings (SSSR count). The Morgan fingerprint density at radius 2 is 1.89 bits per heavy atom. The summed E-state index contributed by atoms with van der Waals surface area (Å²) in [6.45, 7) is 1.96. The van der Waals surface area contributed by atoms with Gasteiger partial charge >= 0.3 is 0 Å². The zero-order valence-electron chi connectivity index (χ0n) is 20.0. The van der Waals surface area contributed by atoms with Crippen LogP contribution in [0, 0.1) is 0 Å². The first kappa shape index (κ1) is 23.6. The Balaban J connectivity index is 1.34. The Morgan fingerprint density at radius 3 is 2.76 bits per heavy atom. The highest BCUT2D eigenvalue weighted by Crippen LogP contribution is 2.46. The summed E-state index contributed by atoms with van der Waals surface area (Å²) in [6.07, 6.45) is 7.43. The van der Waals surface area contributed by atoms with Gasteiger partial charge in [0.15, 0.2) is 11.5 Å². The Kier molecular flexibility index (Phi) is 6.79. The number of anilines is 2. The third-order valence-electron chi connectivity index (χ3n) is 6.28. The van der Waals surface area contributed by atoms with Gasteiger partial charge in [-0.05, 0) is 29.8 Å². The van der Waals surface area contributed by atoms with Crippen LogP contribution in [0.25, 0.3) is 10.9 Å². The van der Waals surface area contributed by atoms with Crippen molar-refractivity contribution in [2.45, 2.75) is 25.4 Å². The number of benzene rings is 2. The minimum absolute atomic E-state index is 0.0124. The van der Waals surface area contributed by atoms with E-state index in [9.17, 15) is 0 Å². The maximum Gasteiger partial charge on any atom is 0.231 e. The molecule has 2 aliphatic rings. The van der Waals surface area contributed by atoms with Crippen LogP contribution in [0.5, 0.6) is 23.0 Å². The number of fused-ring (bicyclic) bond motifs is 2. The van der Waals surface area contributed by atoms with Crippen LogP contribution in [0.15, 0.2) is 55.1 Å². The molecule has 4 heterocycles. The fraction of sp³-hybridized carbons (Fsp3) is 0.296. The monoisotopic (exact) mass is 520 g/mol. The highest BCUT2D eigenvalue weighted by atomic mass is 35.5. The summed E-state index contributed by atoms with van der Waals surface area (Å²) in [4.78, 5) is 13.1. The molecule has 2 aromatic carbocycles. The minimum atomic E-state index is 0.0124. The lowest BCUT2D eigenvalue weighted by molar-refractivity contribution is 0.0261. The van der Waals surface area contributed by atoms with Gasteiger partial charge in [0.05, 0.1) is 35.7 Å². The summed E-state index contributed by atoms with van der Waals surface area (Å²) in [5.74, 6) is 3.01. The van der Waals surface area contributed by atoms with Crippen LogP contribution < -0.4 is 24.3 Å². The van der Waals surface area contributed by atoms with Crippen LogP contribution in [-0.4, -0.2) is 47.7 Å². The first-order valence-corrected chi connectivity index (χ1v) is 12.5. The van der Waals surface area contributed by atoms with E-state index in [1.807, 2.05) is 24.3 Å². The number of nitrogens with one attached hydrogen (secondary N) is 1. The molecular weight excluding hydrogens is 496 g/mol. The fourth-order valence-corrected chi connectivity index (χ4v) is 4.59. The summed E-state index contributed by atoms with van der Waals surface area (Å²) in [5, 5.41) is 4.55. The van der Waals surface area contributed by atoms with Crippen LogP contribution in [0.3, 0.4) is 0 Å². The topological polar surface area (TPSA) is 96.9 Å². The van der Waals surface area contributed by atoms with Gasteiger partial charge in [0, 0.05) is 43.8 Å². The molecule has 2 aromatic heterocycles. The third-order valence-corrected chi connectivity index (χ3v) is 6.59. The molecule has 9 nitrogen and oxygen atoms in total. The van der Waals surface area contributed by atoms with Gasteiger partial charge in [0.25, 0.3) is 0 Å². The summed E-state index contributed by atoms with van der Waals surface area (Å²) >= 11 is 6.53. The van der Waals surface area contributed by atoms with Gasteiger partial charge in [-0.25, -0.2) is 9.97 Å². The molecule has 1 fully saturated rings. The lowest BCUT2D eigenvalue weighted by Crippen LogP contribution is -2.26. The molecule has 2 aliphatic heterocycles. The summed E-state index contributed by atoms with van der Waals surface area (Å²) < 4.78 is 29.3. The number of hydrogen-bond acceptors (Lipinski definition) is 9. The number of hydrogen-bond donors (Lipinski definition) is 1. The van der Waals surface area contributed by atoms with E-state index in [0.29, 0.717) is 64.9 Å². The molecule has 0 radical (unpaired) electrons. The van der Waals surface area contributed by atoms with Crippen molar-refractivity contribution < 1.29 is 23.7 Å². The Hall–Kier alpha value is -3.82. The predicted octanol–water partition coefficient (Wildman–Crippen LogP) is 5.33. The second kappa shape index (κ2) is 10.7.